The van der Waals surface area contributed by atoms with Gasteiger partial charge in [-0.25, -0.2) is 17.9 Å². The quantitative estimate of drug-likeness (QED) is 0.433. The number of hydrogen-bond donors (Lipinski definition) is 3. The second-order valence-corrected chi connectivity index (χ2v) is 12.5. The molecule has 1 unspecified atom stereocenters. The Kier molecular flexibility index (Phi) is 7.82. The minimum absolute atomic E-state index is 0.0440. The molecule has 0 saturated heterocycles. The molecule has 0 aromatic heterocycles. The molecule has 5 rings (SSSR count). The SMILES string of the molecule is CCC1=C(C)CN(C(C)NCCc2ccc(S(=O)(=O)NC(=O)Nc3c4c(cc5c3CCC5)CCC4)cc2)C1=O. The molecule has 39 heavy (non-hydrogen) atoms. The van der Waals surface area contributed by atoms with Crippen LogP contribution in [0.1, 0.15) is 67.9 Å². The van der Waals surface area contributed by atoms with Gasteiger partial charge in [0.25, 0.3) is 15.9 Å². The zero-order chi connectivity index (χ0) is 27.7. The average molecular weight is 551 g/mol. The maximum absolute atomic E-state index is 12.9. The Morgan fingerprint density at radius 3 is 2.26 bits per heavy atom. The summed E-state index contributed by atoms with van der Waals surface area (Å²) >= 11 is 0. The first kappa shape index (κ1) is 27.4. The van der Waals surface area contributed by atoms with Crippen molar-refractivity contribution in [3.05, 3.63) is 69.3 Å². The molecule has 8 nitrogen and oxygen atoms in total. The fourth-order valence-corrected chi connectivity index (χ4v) is 7.11. The molecular formula is C30H38N4O4S. The number of amides is 3. The van der Waals surface area contributed by atoms with Crippen molar-refractivity contribution in [3.63, 3.8) is 0 Å². The van der Waals surface area contributed by atoms with Crippen LogP contribution in [0.2, 0.25) is 0 Å². The number of aryl methyl sites for hydroxylation is 2. The third kappa shape index (κ3) is 5.61. The summed E-state index contributed by atoms with van der Waals surface area (Å²) in [4.78, 5) is 27.3. The van der Waals surface area contributed by atoms with Crippen molar-refractivity contribution in [3.8, 4) is 0 Å². The molecule has 9 heteroatoms. The number of rotatable bonds is 9. The zero-order valence-corrected chi connectivity index (χ0v) is 23.8. The Hall–Kier alpha value is -3.17. The van der Waals surface area contributed by atoms with Crippen molar-refractivity contribution in [2.45, 2.75) is 83.2 Å². The lowest BCUT2D eigenvalue weighted by molar-refractivity contribution is -0.127. The van der Waals surface area contributed by atoms with Gasteiger partial charge in [-0.15, -0.1) is 0 Å². The number of urea groups is 1. The van der Waals surface area contributed by atoms with Gasteiger partial charge >= 0.3 is 6.03 Å². The van der Waals surface area contributed by atoms with Crippen molar-refractivity contribution < 1.29 is 18.0 Å². The summed E-state index contributed by atoms with van der Waals surface area (Å²) in [7, 11) is -4.02. The molecule has 2 aromatic rings. The topological polar surface area (TPSA) is 108 Å². The number of nitrogens with zero attached hydrogens (tertiary/aromatic N) is 1. The highest BCUT2D eigenvalue weighted by Crippen LogP contribution is 2.38. The molecule has 0 bridgehead atoms. The summed E-state index contributed by atoms with van der Waals surface area (Å²) in [5.41, 5.74) is 8.67. The second-order valence-electron chi connectivity index (χ2n) is 10.9. The van der Waals surface area contributed by atoms with Gasteiger partial charge in [0, 0.05) is 24.4 Å². The molecule has 3 N–H and O–H groups in total. The van der Waals surface area contributed by atoms with E-state index in [4.69, 9.17) is 0 Å². The number of benzene rings is 2. The molecule has 3 aliphatic rings. The van der Waals surface area contributed by atoms with Gasteiger partial charge in [-0.3, -0.25) is 10.1 Å². The van der Waals surface area contributed by atoms with E-state index in [9.17, 15) is 18.0 Å². The second kappa shape index (κ2) is 11.1. The van der Waals surface area contributed by atoms with Crippen LogP contribution >= 0.6 is 0 Å². The third-order valence-corrected chi connectivity index (χ3v) is 9.64. The predicted molar refractivity (Wildman–Crippen MR) is 152 cm³/mol. The van der Waals surface area contributed by atoms with Crippen molar-refractivity contribution in [2.75, 3.05) is 18.4 Å². The van der Waals surface area contributed by atoms with Gasteiger partial charge in [0.15, 0.2) is 0 Å². The van der Waals surface area contributed by atoms with E-state index < -0.39 is 16.1 Å². The van der Waals surface area contributed by atoms with Gasteiger partial charge in [-0.1, -0.05) is 25.1 Å². The van der Waals surface area contributed by atoms with Gasteiger partial charge in [-0.05, 0) is 111 Å². The van der Waals surface area contributed by atoms with Crippen molar-refractivity contribution >= 4 is 27.6 Å². The summed E-state index contributed by atoms with van der Waals surface area (Å²) in [6.07, 6.45) is 7.27. The maximum atomic E-state index is 12.9. The molecule has 2 aliphatic carbocycles. The first-order chi connectivity index (χ1) is 18.7. The van der Waals surface area contributed by atoms with E-state index in [0.29, 0.717) is 19.5 Å². The van der Waals surface area contributed by atoms with E-state index >= 15 is 0 Å². The van der Waals surface area contributed by atoms with Crippen LogP contribution < -0.4 is 15.4 Å². The van der Waals surface area contributed by atoms with E-state index in [-0.39, 0.29) is 17.0 Å². The van der Waals surface area contributed by atoms with Gasteiger partial charge in [0.05, 0.1) is 11.1 Å². The van der Waals surface area contributed by atoms with Gasteiger partial charge in [0.1, 0.15) is 0 Å². The lowest BCUT2D eigenvalue weighted by Gasteiger charge is -2.26. The average Bonchev–Trinajstić information content (AvgIpc) is 3.63. The van der Waals surface area contributed by atoms with Gasteiger partial charge < -0.3 is 10.2 Å². The van der Waals surface area contributed by atoms with Crippen molar-refractivity contribution in [1.29, 1.82) is 0 Å². The number of fused-ring (bicyclic) bond motifs is 2. The van der Waals surface area contributed by atoms with E-state index in [1.165, 1.54) is 23.3 Å². The first-order valence-corrected chi connectivity index (χ1v) is 15.5. The van der Waals surface area contributed by atoms with Gasteiger partial charge in [-0.2, -0.15) is 0 Å². The van der Waals surface area contributed by atoms with Crippen LogP contribution in [0, 0.1) is 0 Å². The van der Waals surface area contributed by atoms with E-state index in [0.717, 1.165) is 78.5 Å². The van der Waals surface area contributed by atoms with Crippen molar-refractivity contribution in [1.82, 2.24) is 14.9 Å². The van der Waals surface area contributed by atoms with Crippen LogP contribution in [0.25, 0.3) is 0 Å². The summed E-state index contributed by atoms with van der Waals surface area (Å²) in [5.74, 6) is 0.0992. The third-order valence-electron chi connectivity index (χ3n) is 8.29. The van der Waals surface area contributed by atoms with E-state index in [1.54, 1.807) is 12.1 Å². The Morgan fingerprint density at radius 2 is 1.67 bits per heavy atom. The fraction of sp³-hybridized carbons (Fsp3) is 0.467. The number of anilines is 1. The van der Waals surface area contributed by atoms with Crippen LogP contribution in [0.15, 0.2) is 46.4 Å². The standard InChI is InChI=1S/C30H38N4O4S/c1-4-25-19(2)18-34(29(25)35)20(3)31-16-15-21-11-13-24(14-12-21)39(37,38)33-30(36)32-28-26-9-5-7-22(26)17-23-8-6-10-27(23)28/h11-14,17,20,31H,4-10,15-16,18H2,1-3H3,(H2,32,33,36). The van der Waals surface area contributed by atoms with Crippen LogP contribution in [-0.2, 0) is 46.9 Å². The first-order valence-electron chi connectivity index (χ1n) is 14.0. The zero-order valence-electron chi connectivity index (χ0n) is 23.0. The molecule has 0 spiro atoms. The molecule has 0 fully saturated rings. The summed E-state index contributed by atoms with van der Waals surface area (Å²) in [6, 6.07) is 8.12. The predicted octanol–water partition coefficient (Wildman–Crippen LogP) is 4.22. The van der Waals surface area contributed by atoms with Crippen LogP contribution in [-0.4, -0.2) is 44.5 Å². The highest BCUT2D eigenvalue weighted by Gasteiger charge is 2.30. The summed E-state index contributed by atoms with van der Waals surface area (Å²) < 4.78 is 28.1. The smallest absolute Gasteiger partial charge is 0.320 e. The molecule has 3 amide bonds. The maximum Gasteiger partial charge on any atom is 0.333 e. The Balaban J connectivity index is 1.16. The van der Waals surface area contributed by atoms with Crippen LogP contribution in [0.5, 0.6) is 0 Å². The largest absolute Gasteiger partial charge is 0.333 e. The molecule has 1 heterocycles. The number of sulfonamides is 1. The molecular weight excluding hydrogens is 512 g/mol. The number of nitrogens with one attached hydrogen (secondary N) is 3. The minimum atomic E-state index is -4.02. The molecule has 1 aliphatic heterocycles. The number of carbonyl (C=O) groups excluding carboxylic acids is 2. The molecule has 0 saturated carbocycles. The highest BCUT2D eigenvalue weighted by molar-refractivity contribution is 7.90. The molecule has 2 aromatic carbocycles. The van der Waals surface area contributed by atoms with Crippen molar-refractivity contribution in [2.24, 2.45) is 0 Å². The normalized spacial score (nSPS) is 17.4. The van der Waals surface area contributed by atoms with Crippen LogP contribution in [0.3, 0.4) is 0 Å². The molecule has 1 atom stereocenters. The van der Waals surface area contributed by atoms with E-state index in [1.807, 2.05) is 25.7 Å². The monoisotopic (exact) mass is 550 g/mol. The lowest BCUT2D eigenvalue weighted by atomic mass is 9.99. The lowest BCUT2D eigenvalue weighted by Crippen LogP contribution is -2.45. The van der Waals surface area contributed by atoms with E-state index in [2.05, 4.69) is 21.4 Å². The highest BCUT2D eigenvalue weighted by atomic mass is 32.2. The summed E-state index contributed by atoms with van der Waals surface area (Å²) in [5, 5.41) is 6.28. The Morgan fingerprint density at radius 1 is 1.03 bits per heavy atom. The summed E-state index contributed by atoms with van der Waals surface area (Å²) in [6.45, 7) is 7.29. The minimum Gasteiger partial charge on any atom is -0.320 e. The number of hydrogen-bond acceptors (Lipinski definition) is 5. The molecule has 0 radical (unpaired) electrons. The number of carbonyl (C=O) groups is 2. The van der Waals surface area contributed by atoms with Crippen LogP contribution in [0.4, 0.5) is 10.5 Å². The fourth-order valence-electron chi connectivity index (χ4n) is 6.20. The molecule has 208 valence electrons. The Bertz CT molecular complexity index is 1400. The van der Waals surface area contributed by atoms with Gasteiger partial charge in [0.2, 0.25) is 0 Å². The Labute approximate surface area is 231 Å².